The van der Waals surface area contributed by atoms with Gasteiger partial charge < -0.3 is 11.5 Å². The van der Waals surface area contributed by atoms with E-state index >= 15 is 0 Å². The number of nitrogens with two attached hydrogens (primary N) is 2. The molecule has 29 heavy (non-hydrogen) atoms. The van der Waals surface area contributed by atoms with Crippen LogP contribution in [0.25, 0.3) is 33.0 Å². The monoisotopic (exact) mass is 430 g/mol. The Kier molecular flexibility index (Phi) is 4.85. The molecule has 0 aliphatic carbocycles. The minimum atomic E-state index is -0.623. The van der Waals surface area contributed by atoms with Crippen molar-refractivity contribution in [3.05, 3.63) is 33.6 Å². The van der Waals surface area contributed by atoms with Gasteiger partial charge in [-0.25, -0.2) is 9.97 Å². The largest absolute Gasteiger partial charge is 0.364 e. The van der Waals surface area contributed by atoms with Gasteiger partial charge in [-0.05, 0) is 19.9 Å². The van der Waals surface area contributed by atoms with Gasteiger partial charge in [0, 0.05) is 30.4 Å². The van der Waals surface area contributed by atoms with Crippen LogP contribution in [0, 0.1) is 6.92 Å². The zero-order valence-electron chi connectivity index (χ0n) is 16.1. The molecule has 0 aliphatic rings. The summed E-state index contributed by atoms with van der Waals surface area (Å²) in [6, 6.07) is 1.62. The van der Waals surface area contributed by atoms with Crippen LogP contribution in [0.5, 0.6) is 0 Å². The lowest BCUT2D eigenvalue weighted by Crippen LogP contribution is -2.14. The predicted octanol–water partition coefficient (Wildman–Crippen LogP) is 2.49. The number of halogens is 1. The number of hydrogen-bond donors (Lipinski definition) is 2. The summed E-state index contributed by atoms with van der Waals surface area (Å²) in [5, 5.41) is 10.8. The molecule has 4 aromatic rings. The highest BCUT2D eigenvalue weighted by Gasteiger charge is 2.24. The molecule has 4 rings (SSSR count). The molecule has 0 spiro atoms. The molecule has 1 amide bonds. The number of carbonyl (C=O) groups excluding carboxylic acids is 1. The highest BCUT2D eigenvalue weighted by molar-refractivity contribution is 7.15. The first-order chi connectivity index (χ1) is 13.8. The fourth-order valence-corrected chi connectivity index (χ4v) is 4.50. The molecule has 11 heteroatoms. The lowest BCUT2D eigenvalue weighted by molar-refractivity contribution is 0.0996. The van der Waals surface area contributed by atoms with E-state index in [1.54, 1.807) is 24.0 Å². The van der Waals surface area contributed by atoms with Gasteiger partial charge in [0.1, 0.15) is 27.8 Å². The van der Waals surface area contributed by atoms with Crippen molar-refractivity contribution in [2.24, 2.45) is 18.5 Å². The van der Waals surface area contributed by atoms with Crippen LogP contribution in [0.1, 0.15) is 28.0 Å². The Hall–Kier alpha value is -2.82. The number of thiazole rings is 1. The van der Waals surface area contributed by atoms with E-state index in [1.165, 1.54) is 11.3 Å². The van der Waals surface area contributed by atoms with Crippen LogP contribution in [-0.4, -0.2) is 35.4 Å². The standard InChI is InChI=1S/C18H19ClN8OS/c1-4-27-16(13(19)8(2)25-27)18-24-15(12(6-20)29-18)14-9-7-22-26(3)11(9)5-10(23-14)17(21)28/h5,7H,4,6,20H2,1-3H3,(H2,21,28). The van der Waals surface area contributed by atoms with Gasteiger partial charge in [-0.15, -0.1) is 11.3 Å². The molecule has 0 saturated heterocycles. The minimum absolute atomic E-state index is 0.140. The lowest BCUT2D eigenvalue weighted by atomic mass is 10.1. The molecule has 0 fully saturated rings. The highest BCUT2D eigenvalue weighted by Crippen LogP contribution is 2.39. The number of primary amides is 1. The molecule has 150 valence electrons. The van der Waals surface area contributed by atoms with Gasteiger partial charge in [0.05, 0.1) is 22.4 Å². The molecule has 0 atom stereocenters. The zero-order chi connectivity index (χ0) is 20.9. The van der Waals surface area contributed by atoms with Crippen molar-refractivity contribution in [3.8, 4) is 22.1 Å². The van der Waals surface area contributed by atoms with Crippen LogP contribution in [0.15, 0.2) is 12.3 Å². The first kappa shape index (κ1) is 19.5. The van der Waals surface area contributed by atoms with Gasteiger partial charge in [-0.2, -0.15) is 10.2 Å². The summed E-state index contributed by atoms with van der Waals surface area (Å²) in [6.45, 7) is 4.75. The molecule has 0 bridgehead atoms. The molecule has 4 aromatic heterocycles. The van der Waals surface area contributed by atoms with Gasteiger partial charge in [0.25, 0.3) is 5.91 Å². The lowest BCUT2D eigenvalue weighted by Gasteiger charge is -2.05. The summed E-state index contributed by atoms with van der Waals surface area (Å²) >= 11 is 7.93. The SMILES string of the molecule is CCn1nc(C)c(Cl)c1-c1nc(-c2nc(C(N)=O)cc3c2cnn3C)c(CN)s1. The number of aryl methyl sites for hydroxylation is 3. The van der Waals surface area contributed by atoms with Crippen molar-refractivity contribution in [2.75, 3.05) is 0 Å². The number of aromatic nitrogens is 6. The Bertz CT molecular complexity index is 1250. The molecule has 0 saturated carbocycles. The number of pyridine rings is 1. The quantitative estimate of drug-likeness (QED) is 0.500. The molecule has 4 N–H and O–H groups in total. The number of fused-ring (bicyclic) bond motifs is 1. The van der Waals surface area contributed by atoms with Crippen molar-refractivity contribution < 1.29 is 4.79 Å². The van der Waals surface area contributed by atoms with Crippen LogP contribution in [0.3, 0.4) is 0 Å². The number of hydrogen-bond acceptors (Lipinski definition) is 7. The van der Waals surface area contributed by atoms with Gasteiger partial charge in [-0.3, -0.25) is 14.2 Å². The molecule has 4 heterocycles. The topological polar surface area (TPSA) is 131 Å². The summed E-state index contributed by atoms with van der Waals surface area (Å²) in [6.07, 6.45) is 1.69. The maximum atomic E-state index is 11.8. The number of rotatable bonds is 5. The van der Waals surface area contributed by atoms with E-state index in [9.17, 15) is 4.79 Å². The van der Waals surface area contributed by atoms with Crippen molar-refractivity contribution in [1.82, 2.24) is 29.5 Å². The average Bonchev–Trinajstić information content (AvgIpc) is 3.37. The smallest absolute Gasteiger partial charge is 0.267 e. The molecule has 0 unspecified atom stereocenters. The second-order valence-electron chi connectivity index (χ2n) is 6.48. The molecular weight excluding hydrogens is 412 g/mol. The minimum Gasteiger partial charge on any atom is -0.364 e. The Balaban J connectivity index is 1.99. The second-order valence-corrected chi connectivity index (χ2v) is 7.94. The summed E-state index contributed by atoms with van der Waals surface area (Å²) in [5.74, 6) is -0.623. The first-order valence-electron chi connectivity index (χ1n) is 8.91. The van der Waals surface area contributed by atoms with E-state index < -0.39 is 5.91 Å². The molecule has 0 aromatic carbocycles. The van der Waals surface area contributed by atoms with Crippen molar-refractivity contribution in [1.29, 1.82) is 0 Å². The highest BCUT2D eigenvalue weighted by atomic mass is 35.5. The molecule has 9 nitrogen and oxygen atoms in total. The second kappa shape index (κ2) is 7.21. The number of nitrogens with zero attached hydrogens (tertiary/aromatic N) is 6. The third kappa shape index (κ3) is 3.09. The number of amides is 1. The predicted molar refractivity (Wildman–Crippen MR) is 113 cm³/mol. The van der Waals surface area contributed by atoms with Crippen LogP contribution in [0.4, 0.5) is 0 Å². The fraction of sp³-hybridized carbons (Fsp3) is 0.278. The van der Waals surface area contributed by atoms with E-state index in [0.717, 1.165) is 27.2 Å². The maximum Gasteiger partial charge on any atom is 0.267 e. The average molecular weight is 431 g/mol. The van der Waals surface area contributed by atoms with Crippen LogP contribution >= 0.6 is 22.9 Å². The van der Waals surface area contributed by atoms with Crippen molar-refractivity contribution in [3.63, 3.8) is 0 Å². The Morgan fingerprint density at radius 1 is 1.31 bits per heavy atom. The summed E-state index contributed by atoms with van der Waals surface area (Å²) < 4.78 is 3.47. The third-order valence-corrected chi connectivity index (χ3v) is 6.20. The molecule has 0 radical (unpaired) electrons. The van der Waals surface area contributed by atoms with E-state index in [2.05, 4.69) is 15.2 Å². The van der Waals surface area contributed by atoms with E-state index in [4.69, 9.17) is 28.1 Å². The van der Waals surface area contributed by atoms with Gasteiger partial charge in [-0.1, -0.05) is 11.6 Å². The molecular formula is C18H19ClN8OS. The summed E-state index contributed by atoms with van der Waals surface area (Å²) in [7, 11) is 1.79. The van der Waals surface area contributed by atoms with E-state index in [-0.39, 0.29) is 12.2 Å². The Labute approximate surface area is 175 Å². The Morgan fingerprint density at radius 3 is 2.72 bits per heavy atom. The number of carbonyl (C=O) groups is 1. The van der Waals surface area contributed by atoms with Crippen molar-refractivity contribution >= 4 is 39.7 Å². The fourth-order valence-electron chi connectivity index (χ4n) is 3.22. The summed E-state index contributed by atoms with van der Waals surface area (Å²) in [5.41, 5.74) is 15.0. The first-order valence-corrected chi connectivity index (χ1v) is 10.1. The zero-order valence-corrected chi connectivity index (χ0v) is 17.7. The van der Waals surface area contributed by atoms with Gasteiger partial charge in [0.2, 0.25) is 0 Å². The Morgan fingerprint density at radius 2 is 2.07 bits per heavy atom. The van der Waals surface area contributed by atoms with Gasteiger partial charge in [0.15, 0.2) is 0 Å². The maximum absolute atomic E-state index is 11.8. The van der Waals surface area contributed by atoms with Crippen LogP contribution < -0.4 is 11.5 Å². The van der Waals surface area contributed by atoms with Crippen LogP contribution in [-0.2, 0) is 20.1 Å². The normalized spacial score (nSPS) is 11.5. The van der Waals surface area contributed by atoms with Crippen LogP contribution in [0.2, 0.25) is 5.02 Å². The van der Waals surface area contributed by atoms with E-state index in [0.29, 0.717) is 28.0 Å². The van der Waals surface area contributed by atoms with Crippen molar-refractivity contribution in [2.45, 2.75) is 26.9 Å². The van der Waals surface area contributed by atoms with E-state index in [1.807, 2.05) is 18.5 Å². The molecule has 0 aliphatic heterocycles. The van der Waals surface area contributed by atoms with Gasteiger partial charge >= 0.3 is 0 Å². The summed E-state index contributed by atoms with van der Waals surface area (Å²) in [4.78, 5) is 21.9. The third-order valence-electron chi connectivity index (χ3n) is 4.66.